The van der Waals surface area contributed by atoms with Crippen LogP contribution in [0.25, 0.3) is 0 Å². The van der Waals surface area contributed by atoms with Crippen LogP contribution in [0.4, 0.5) is 9.18 Å². The van der Waals surface area contributed by atoms with Crippen LogP contribution in [0.2, 0.25) is 0 Å². The van der Waals surface area contributed by atoms with Crippen molar-refractivity contribution in [2.24, 2.45) is 0 Å². The van der Waals surface area contributed by atoms with Crippen molar-refractivity contribution >= 4 is 11.8 Å². The lowest BCUT2D eigenvalue weighted by molar-refractivity contribution is 0.0191. The van der Waals surface area contributed by atoms with E-state index in [4.69, 9.17) is 10.1 Å². The van der Waals surface area contributed by atoms with E-state index in [0.717, 1.165) is 0 Å². The van der Waals surface area contributed by atoms with Crippen LogP contribution >= 0.6 is 0 Å². The number of nitrogens with zero attached hydrogens (tertiary/aromatic N) is 1. The van der Waals surface area contributed by atoms with Gasteiger partial charge in [-0.2, -0.15) is 0 Å². The molecule has 0 aromatic heterocycles. The number of hydrogen-bond donors (Lipinski definition) is 2. The topological polar surface area (TPSA) is 65.4 Å². The molecule has 1 aromatic rings. The average Bonchev–Trinajstić information content (AvgIpc) is 2.51. The molecule has 0 radical (unpaired) electrons. The summed E-state index contributed by atoms with van der Waals surface area (Å²) in [6.07, 6.45) is 2.92. The van der Waals surface area contributed by atoms with Gasteiger partial charge >= 0.3 is 6.09 Å². The fraction of sp³-hybridized carbons (Fsp3) is 0.474. The summed E-state index contributed by atoms with van der Waals surface area (Å²) in [6, 6.07) is 5.71. The van der Waals surface area contributed by atoms with Gasteiger partial charge in [-0.25, -0.2) is 9.18 Å². The number of hydrogen-bond acceptors (Lipinski definition) is 4. The van der Waals surface area contributed by atoms with Gasteiger partial charge in [-0.3, -0.25) is 0 Å². The minimum absolute atomic E-state index is 0.0653. The third-order valence-electron chi connectivity index (χ3n) is 3.44. The number of benzene rings is 1. The molecule has 1 rings (SSSR count). The Labute approximate surface area is 149 Å². The van der Waals surface area contributed by atoms with Crippen molar-refractivity contribution in [1.29, 1.82) is 5.41 Å². The second-order valence-corrected chi connectivity index (χ2v) is 6.78. The van der Waals surface area contributed by atoms with Crippen LogP contribution in [-0.4, -0.2) is 41.4 Å². The average molecular weight is 349 g/mol. The number of carbonyl (C=O) groups is 1. The highest BCUT2D eigenvalue weighted by atomic mass is 19.1. The monoisotopic (exact) mass is 349 g/mol. The summed E-state index contributed by atoms with van der Waals surface area (Å²) in [6.45, 7) is 10.4. The third-order valence-corrected chi connectivity index (χ3v) is 3.44. The van der Waals surface area contributed by atoms with E-state index in [-0.39, 0.29) is 23.7 Å². The molecule has 1 amide bonds. The molecule has 5 nitrogen and oxygen atoms in total. The van der Waals surface area contributed by atoms with Crippen molar-refractivity contribution < 1.29 is 13.9 Å². The molecule has 0 fully saturated rings. The molecule has 0 aliphatic heterocycles. The van der Waals surface area contributed by atoms with Gasteiger partial charge < -0.3 is 20.4 Å². The number of nitrogens with one attached hydrogen (secondary N) is 2. The number of carbonyl (C=O) groups excluding carboxylic acids is 1. The predicted octanol–water partition coefficient (Wildman–Crippen LogP) is 3.94. The molecule has 6 heteroatoms. The largest absolute Gasteiger partial charge is 0.444 e. The van der Waals surface area contributed by atoms with Crippen molar-refractivity contribution in [3.05, 3.63) is 47.9 Å². The zero-order valence-corrected chi connectivity index (χ0v) is 15.6. The van der Waals surface area contributed by atoms with Crippen LogP contribution in [0.5, 0.6) is 0 Å². The molecule has 1 atom stereocenters. The minimum Gasteiger partial charge on any atom is -0.444 e. The number of ether oxygens (including phenoxy) is 1. The summed E-state index contributed by atoms with van der Waals surface area (Å²) < 4.78 is 18.3. The first-order chi connectivity index (χ1) is 11.6. The number of rotatable bonds is 7. The summed E-state index contributed by atoms with van der Waals surface area (Å²) in [4.78, 5) is 13.8. The molecule has 138 valence electrons. The molecule has 25 heavy (non-hydrogen) atoms. The highest BCUT2D eigenvalue weighted by Crippen LogP contribution is 2.11. The normalized spacial score (nSPS) is 12.7. The zero-order chi connectivity index (χ0) is 19.0. The number of likely N-dealkylation sites (N-methyl/N-ethyl adjacent to an activating group) is 1. The van der Waals surface area contributed by atoms with Gasteiger partial charge in [0.25, 0.3) is 0 Å². The molecule has 0 saturated heterocycles. The molecular weight excluding hydrogens is 321 g/mol. The van der Waals surface area contributed by atoms with Gasteiger partial charge in [-0.1, -0.05) is 0 Å². The van der Waals surface area contributed by atoms with Gasteiger partial charge in [0.1, 0.15) is 11.4 Å². The van der Waals surface area contributed by atoms with Crippen LogP contribution in [-0.2, 0) is 4.74 Å². The van der Waals surface area contributed by atoms with E-state index >= 15 is 0 Å². The smallest absolute Gasteiger partial charge is 0.410 e. The van der Waals surface area contributed by atoms with Crippen molar-refractivity contribution in [2.45, 2.75) is 46.3 Å². The van der Waals surface area contributed by atoms with E-state index in [0.29, 0.717) is 18.7 Å². The SMILES string of the molecule is CCN(C(=O)OC(C)(C)C)[C@H](C)CN/C=C\C(=N)c1ccc(F)cc1. The van der Waals surface area contributed by atoms with E-state index in [1.807, 2.05) is 34.6 Å². The fourth-order valence-corrected chi connectivity index (χ4v) is 2.16. The molecule has 0 bridgehead atoms. The Balaban J connectivity index is 2.51. The number of allylic oxidation sites excluding steroid dienone is 1. The quantitative estimate of drug-likeness (QED) is 0.733. The van der Waals surface area contributed by atoms with Crippen LogP contribution in [0.15, 0.2) is 36.5 Å². The molecule has 0 aliphatic rings. The predicted molar refractivity (Wildman–Crippen MR) is 98.4 cm³/mol. The Morgan fingerprint density at radius 2 is 1.96 bits per heavy atom. The fourth-order valence-electron chi connectivity index (χ4n) is 2.16. The van der Waals surface area contributed by atoms with Gasteiger partial charge in [0.05, 0.1) is 5.71 Å². The highest BCUT2D eigenvalue weighted by Gasteiger charge is 2.24. The first-order valence-corrected chi connectivity index (χ1v) is 8.38. The Morgan fingerprint density at radius 3 is 2.48 bits per heavy atom. The van der Waals surface area contributed by atoms with Crippen LogP contribution < -0.4 is 5.32 Å². The molecule has 0 spiro atoms. The molecule has 1 aromatic carbocycles. The standard InChI is InChI=1S/C19H28FN3O2/c1-6-23(18(24)25-19(3,4)5)14(2)13-22-12-11-17(21)15-7-9-16(20)10-8-15/h7-12,14,21-22H,6,13H2,1-5H3/b12-11-,21-17?/t14-/m1/s1. The van der Waals surface area contributed by atoms with Crippen molar-refractivity contribution in [3.63, 3.8) is 0 Å². The summed E-state index contributed by atoms with van der Waals surface area (Å²) in [7, 11) is 0. The Kier molecular flexibility index (Phi) is 7.61. The van der Waals surface area contributed by atoms with Crippen molar-refractivity contribution in [1.82, 2.24) is 10.2 Å². The first kappa shape index (κ1) is 20.7. The Hall–Kier alpha value is -2.37. The Bertz CT molecular complexity index is 606. The highest BCUT2D eigenvalue weighted by molar-refractivity contribution is 6.06. The maximum Gasteiger partial charge on any atom is 0.410 e. The van der Waals surface area contributed by atoms with Crippen LogP contribution in [0.3, 0.4) is 0 Å². The van der Waals surface area contributed by atoms with E-state index in [2.05, 4.69) is 5.32 Å². The Morgan fingerprint density at radius 1 is 1.36 bits per heavy atom. The van der Waals surface area contributed by atoms with E-state index in [1.165, 1.54) is 12.1 Å². The van der Waals surface area contributed by atoms with Crippen molar-refractivity contribution in [3.8, 4) is 0 Å². The summed E-state index contributed by atoms with van der Waals surface area (Å²) in [5, 5.41) is 11.0. The van der Waals surface area contributed by atoms with E-state index < -0.39 is 5.60 Å². The van der Waals surface area contributed by atoms with Crippen molar-refractivity contribution in [2.75, 3.05) is 13.1 Å². The molecule has 0 aliphatic carbocycles. The lowest BCUT2D eigenvalue weighted by Crippen LogP contribution is -2.45. The van der Waals surface area contributed by atoms with Gasteiger partial charge in [0.2, 0.25) is 0 Å². The first-order valence-electron chi connectivity index (χ1n) is 8.38. The summed E-state index contributed by atoms with van der Waals surface area (Å²) in [5.74, 6) is -0.325. The zero-order valence-electron chi connectivity index (χ0n) is 15.6. The maximum absolute atomic E-state index is 12.9. The molecule has 0 heterocycles. The van der Waals surface area contributed by atoms with Gasteiger partial charge in [-0.05, 0) is 76.7 Å². The molecule has 0 saturated carbocycles. The number of halogens is 1. The van der Waals surface area contributed by atoms with Crippen LogP contribution in [0.1, 0.15) is 40.2 Å². The maximum atomic E-state index is 12.9. The van der Waals surface area contributed by atoms with Gasteiger partial charge in [-0.15, -0.1) is 0 Å². The van der Waals surface area contributed by atoms with Crippen LogP contribution in [0, 0.1) is 11.2 Å². The molecule has 2 N–H and O–H groups in total. The second kappa shape index (κ2) is 9.20. The lowest BCUT2D eigenvalue weighted by Gasteiger charge is -2.30. The van der Waals surface area contributed by atoms with Gasteiger partial charge in [0.15, 0.2) is 0 Å². The summed E-state index contributed by atoms with van der Waals surface area (Å²) in [5.41, 5.74) is 0.387. The second-order valence-electron chi connectivity index (χ2n) is 6.78. The number of amides is 1. The lowest BCUT2D eigenvalue weighted by atomic mass is 10.1. The third kappa shape index (κ3) is 7.37. The van der Waals surface area contributed by atoms with Gasteiger partial charge in [0, 0.05) is 19.1 Å². The van der Waals surface area contributed by atoms with E-state index in [1.54, 1.807) is 29.3 Å². The summed E-state index contributed by atoms with van der Waals surface area (Å²) >= 11 is 0. The minimum atomic E-state index is -0.526. The van der Waals surface area contributed by atoms with E-state index in [9.17, 15) is 9.18 Å². The molecular formula is C19H28FN3O2. The molecule has 0 unspecified atom stereocenters.